The summed E-state index contributed by atoms with van der Waals surface area (Å²) in [6.45, 7) is 8.25. The zero-order chi connectivity index (χ0) is 15.9. The van der Waals surface area contributed by atoms with Gasteiger partial charge in [-0.1, -0.05) is 35.9 Å². The minimum Gasteiger partial charge on any atom is -0.372 e. The van der Waals surface area contributed by atoms with Crippen LogP contribution in [0.25, 0.3) is 6.08 Å². The van der Waals surface area contributed by atoms with Gasteiger partial charge in [-0.15, -0.1) is 0 Å². The van der Waals surface area contributed by atoms with Crippen LogP contribution in [0.2, 0.25) is 0 Å². The number of aryl methyl sites for hydroxylation is 1. The topological polar surface area (TPSA) is 20.3 Å². The number of hydrogen-bond donors (Lipinski definition) is 0. The molecule has 0 aliphatic rings. The van der Waals surface area contributed by atoms with Crippen LogP contribution in [0.5, 0.6) is 0 Å². The molecule has 0 radical (unpaired) electrons. The lowest BCUT2D eigenvalue weighted by Gasteiger charge is -2.20. The largest absolute Gasteiger partial charge is 0.372 e. The van der Waals surface area contributed by atoms with Gasteiger partial charge in [0.25, 0.3) is 0 Å². The van der Waals surface area contributed by atoms with E-state index in [4.69, 9.17) is 0 Å². The number of carbonyl (C=O) groups is 1. The summed E-state index contributed by atoms with van der Waals surface area (Å²) < 4.78 is 0. The molecule has 0 aliphatic heterocycles. The van der Waals surface area contributed by atoms with E-state index in [1.165, 1.54) is 5.56 Å². The third kappa shape index (κ3) is 4.08. The monoisotopic (exact) mass is 293 g/mol. The minimum absolute atomic E-state index is 0.0340. The lowest BCUT2D eigenvalue weighted by atomic mass is 10.1. The molecule has 0 saturated carbocycles. The van der Waals surface area contributed by atoms with E-state index in [0.29, 0.717) is 0 Å². The predicted octanol–water partition coefficient (Wildman–Crippen LogP) is 4.74. The first kappa shape index (κ1) is 16.0. The van der Waals surface area contributed by atoms with Gasteiger partial charge in [0.1, 0.15) is 0 Å². The van der Waals surface area contributed by atoms with Gasteiger partial charge < -0.3 is 4.90 Å². The summed E-state index contributed by atoms with van der Waals surface area (Å²) in [6, 6.07) is 15.9. The van der Waals surface area contributed by atoms with E-state index in [-0.39, 0.29) is 5.78 Å². The smallest absolute Gasteiger partial charge is 0.185 e. The van der Waals surface area contributed by atoms with Crippen molar-refractivity contribution in [1.82, 2.24) is 0 Å². The fourth-order valence-corrected chi connectivity index (χ4v) is 2.37. The molecular formula is C20H23NO. The zero-order valence-electron chi connectivity index (χ0n) is 13.5. The first-order chi connectivity index (χ1) is 10.6. The van der Waals surface area contributed by atoms with Crippen molar-refractivity contribution in [2.24, 2.45) is 0 Å². The molecule has 22 heavy (non-hydrogen) atoms. The lowest BCUT2D eigenvalue weighted by molar-refractivity contribution is 0.104. The van der Waals surface area contributed by atoms with Gasteiger partial charge in [0, 0.05) is 24.3 Å². The highest BCUT2D eigenvalue weighted by molar-refractivity contribution is 6.06. The highest BCUT2D eigenvalue weighted by atomic mass is 16.1. The molecule has 0 amide bonds. The lowest BCUT2D eigenvalue weighted by Crippen LogP contribution is -2.21. The van der Waals surface area contributed by atoms with Crippen LogP contribution in [-0.2, 0) is 0 Å². The average Bonchev–Trinajstić information content (AvgIpc) is 2.56. The molecule has 2 aromatic rings. The van der Waals surface area contributed by atoms with Crippen LogP contribution in [0.15, 0.2) is 54.6 Å². The fraction of sp³-hybridized carbons (Fsp3) is 0.250. The maximum atomic E-state index is 12.2. The molecular weight excluding hydrogens is 270 g/mol. The van der Waals surface area contributed by atoms with Crippen molar-refractivity contribution in [2.75, 3.05) is 18.0 Å². The molecule has 0 spiro atoms. The van der Waals surface area contributed by atoms with Gasteiger partial charge in [-0.2, -0.15) is 0 Å². The van der Waals surface area contributed by atoms with Gasteiger partial charge in [0.15, 0.2) is 5.78 Å². The third-order valence-corrected chi connectivity index (χ3v) is 3.78. The Morgan fingerprint density at radius 2 is 1.55 bits per heavy atom. The minimum atomic E-state index is 0.0340. The summed E-state index contributed by atoms with van der Waals surface area (Å²) >= 11 is 0. The van der Waals surface area contributed by atoms with E-state index in [2.05, 4.69) is 25.7 Å². The summed E-state index contributed by atoms with van der Waals surface area (Å²) in [5.74, 6) is 0.0340. The molecule has 0 N–H and O–H groups in total. The summed E-state index contributed by atoms with van der Waals surface area (Å²) in [4.78, 5) is 14.5. The van der Waals surface area contributed by atoms with Crippen LogP contribution in [0.1, 0.15) is 35.3 Å². The number of anilines is 1. The molecule has 114 valence electrons. The zero-order valence-corrected chi connectivity index (χ0v) is 13.5. The van der Waals surface area contributed by atoms with Crippen molar-refractivity contribution in [2.45, 2.75) is 20.8 Å². The van der Waals surface area contributed by atoms with Crippen molar-refractivity contribution in [3.63, 3.8) is 0 Å². The van der Waals surface area contributed by atoms with Crippen LogP contribution < -0.4 is 4.90 Å². The Bertz CT molecular complexity index is 634. The molecule has 0 aromatic heterocycles. The molecule has 2 aromatic carbocycles. The molecule has 0 bridgehead atoms. The van der Waals surface area contributed by atoms with E-state index >= 15 is 0 Å². The standard InChI is InChI=1S/C20H23NO/c1-4-21(5-2)19-13-11-18(12-14-19)20(22)15-10-17-8-6-16(3)7-9-17/h6-15H,4-5H2,1-3H3/b15-10+. The number of rotatable bonds is 6. The van der Waals surface area contributed by atoms with Gasteiger partial charge in [-0.25, -0.2) is 0 Å². The maximum Gasteiger partial charge on any atom is 0.185 e. The summed E-state index contributed by atoms with van der Waals surface area (Å²) in [5.41, 5.74) is 4.14. The van der Waals surface area contributed by atoms with Gasteiger partial charge in [0.05, 0.1) is 0 Å². The molecule has 0 unspecified atom stereocenters. The Morgan fingerprint density at radius 1 is 0.955 bits per heavy atom. The quantitative estimate of drug-likeness (QED) is 0.566. The van der Waals surface area contributed by atoms with Crippen molar-refractivity contribution < 1.29 is 4.79 Å². The van der Waals surface area contributed by atoms with Crippen LogP contribution in [0, 0.1) is 6.92 Å². The van der Waals surface area contributed by atoms with Crippen LogP contribution >= 0.6 is 0 Å². The first-order valence-corrected chi connectivity index (χ1v) is 7.78. The predicted molar refractivity (Wildman–Crippen MR) is 94.5 cm³/mol. The number of allylic oxidation sites excluding steroid dienone is 1. The third-order valence-electron chi connectivity index (χ3n) is 3.78. The highest BCUT2D eigenvalue weighted by Crippen LogP contribution is 2.16. The normalized spacial score (nSPS) is 10.9. The SMILES string of the molecule is CCN(CC)c1ccc(C(=O)/C=C/c2ccc(C)cc2)cc1. The molecule has 0 saturated heterocycles. The van der Waals surface area contributed by atoms with Crippen molar-refractivity contribution in [3.8, 4) is 0 Å². The van der Waals surface area contributed by atoms with Crippen molar-refractivity contribution in [3.05, 3.63) is 71.3 Å². The van der Waals surface area contributed by atoms with Crippen molar-refractivity contribution >= 4 is 17.5 Å². The Kier molecular flexibility index (Phi) is 5.54. The molecule has 0 aliphatic carbocycles. The summed E-state index contributed by atoms with van der Waals surface area (Å²) in [6.07, 6.45) is 3.50. The highest BCUT2D eigenvalue weighted by Gasteiger charge is 2.04. The number of carbonyl (C=O) groups excluding carboxylic acids is 1. The molecule has 0 atom stereocenters. The van der Waals surface area contributed by atoms with E-state index in [0.717, 1.165) is 29.9 Å². The molecule has 0 fully saturated rings. The second-order valence-corrected chi connectivity index (χ2v) is 5.33. The van der Waals surface area contributed by atoms with E-state index < -0.39 is 0 Å². The van der Waals surface area contributed by atoms with Crippen LogP contribution in [-0.4, -0.2) is 18.9 Å². The molecule has 2 heteroatoms. The Balaban J connectivity index is 2.08. The maximum absolute atomic E-state index is 12.2. The first-order valence-electron chi connectivity index (χ1n) is 7.78. The average molecular weight is 293 g/mol. The molecule has 0 heterocycles. The van der Waals surface area contributed by atoms with E-state index in [1.807, 2.05) is 54.6 Å². The Labute approximate surface area is 133 Å². The number of nitrogens with zero attached hydrogens (tertiary/aromatic N) is 1. The second kappa shape index (κ2) is 7.60. The molecule has 2 rings (SSSR count). The van der Waals surface area contributed by atoms with Crippen LogP contribution in [0.3, 0.4) is 0 Å². The van der Waals surface area contributed by atoms with Crippen LogP contribution in [0.4, 0.5) is 5.69 Å². The number of hydrogen-bond acceptors (Lipinski definition) is 2. The fourth-order valence-electron chi connectivity index (χ4n) is 2.37. The Morgan fingerprint density at radius 3 is 2.09 bits per heavy atom. The molecule has 2 nitrogen and oxygen atoms in total. The number of benzene rings is 2. The van der Waals surface area contributed by atoms with Gasteiger partial charge in [-0.3, -0.25) is 4.79 Å². The van der Waals surface area contributed by atoms with Gasteiger partial charge in [-0.05, 0) is 56.7 Å². The number of ketones is 1. The van der Waals surface area contributed by atoms with Gasteiger partial charge in [0.2, 0.25) is 0 Å². The van der Waals surface area contributed by atoms with Crippen molar-refractivity contribution in [1.29, 1.82) is 0 Å². The van der Waals surface area contributed by atoms with E-state index in [1.54, 1.807) is 6.08 Å². The Hall–Kier alpha value is -2.35. The second-order valence-electron chi connectivity index (χ2n) is 5.33. The summed E-state index contributed by atoms with van der Waals surface area (Å²) in [7, 11) is 0. The summed E-state index contributed by atoms with van der Waals surface area (Å²) in [5, 5.41) is 0. The van der Waals surface area contributed by atoms with Gasteiger partial charge >= 0.3 is 0 Å². The van der Waals surface area contributed by atoms with E-state index in [9.17, 15) is 4.79 Å².